The zero-order valence-corrected chi connectivity index (χ0v) is 22.2. The molecule has 0 atom stereocenters. The predicted octanol–water partition coefficient (Wildman–Crippen LogP) is 4.70. The van der Waals surface area contributed by atoms with E-state index in [1.165, 1.54) is 42.0 Å². The average Bonchev–Trinajstić information content (AvgIpc) is 3.19. The molecule has 0 bridgehead atoms. The molecule has 35 heavy (non-hydrogen) atoms. The van der Waals surface area contributed by atoms with E-state index in [0.717, 1.165) is 27.3 Å². The highest BCUT2D eigenvalue weighted by atomic mass is 32.2. The summed E-state index contributed by atoms with van der Waals surface area (Å²) in [4.78, 5) is 21.3. The number of hydroxylamine groups is 2. The Morgan fingerprint density at radius 2 is 1.77 bits per heavy atom. The molecule has 3 aromatic rings. The fourth-order valence-electron chi connectivity index (χ4n) is 3.42. The highest BCUT2D eigenvalue weighted by Crippen LogP contribution is 2.43. The molecule has 8 nitrogen and oxygen atoms in total. The van der Waals surface area contributed by atoms with Gasteiger partial charge in [0.1, 0.15) is 17.0 Å². The van der Waals surface area contributed by atoms with Crippen molar-refractivity contribution >= 4 is 33.6 Å². The van der Waals surface area contributed by atoms with Crippen LogP contribution in [-0.4, -0.2) is 65.5 Å². The van der Waals surface area contributed by atoms with Gasteiger partial charge >= 0.3 is 0 Å². The minimum atomic E-state index is -3.83. The molecule has 0 spiro atoms. The number of carbonyl (C=O) groups is 1. The number of rotatable bonds is 9. The summed E-state index contributed by atoms with van der Waals surface area (Å²) >= 11 is 1.36. The van der Waals surface area contributed by atoms with Crippen molar-refractivity contribution in [1.82, 2.24) is 9.96 Å². The van der Waals surface area contributed by atoms with Crippen LogP contribution < -0.4 is 4.74 Å². The normalized spacial score (nSPS) is 11.6. The van der Waals surface area contributed by atoms with Crippen molar-refractivity contribution in [2.45, 2.75) is 18.7 Å². The second-order valence-corrected chi connectivity index (χ2v) is 10.5. The number of benzene rings is 2. The number of thiophene rings is 1. The lowest BCUT2D eigenvalue weighted by Crippen LogP contribution is -2.25. The van der Waals surface area contributed by atoms with Crippen LogP contribution >= 0.6 is 11.3 Å². The fourth-order valence-corrected chi connectivity index (χ4v) is 5.62. The first-order valence-electron chi connectivity index (χ1n) is 10.8. The lowest BCUT2D eigenvalue weighted by molar-refractivity contribution is -0.0753. The van der Waals surface area contributed by atoms with E-state index >= 15 is 0 Å². The molecule has 0 fully saturated rings. The predicted molar refractivity (Wildman–Crippen MR) is 140 cm³/mol. The first-order valence-corrected chi connectivity index (χ1v) is 13.1. The van der Waals surface area contributed by atoms with Gasteiger partial charge in [0.05, 0.1) is 18.6 Å². The summed E-state index contributed by atoms with van der Waals surface area (Å²) in [6, 6.07) is 14.1. The Morgan fingerprint density at radius 1 is 1.09 bits per heavy atom. The third kappa shape index (κ3) is 5.90. The Balaban J connectivity index is 2.13. The minimum absolute atomic E-state index is 0.0683. The van der Waals surface area contributed by atoms with Crippen LogP contribution in [-0.2, 0) is 14.9 Å². The lowest BCUT2D eigenvalue weighted by Gasteiger charge is -2.14. The van der Waals surface area contributed by atoms with Gasteiger partial charge in [-0.2, -0.15) is 8.42 Å². The largest absolute Gasteiger partial charge is 0.494 e. The van der Waals surface area contributed by atoms with Gasteiger partial charge in [0, 0.05) is 31.6 Å². The van der Waals surface area contributed by atoms with E-state index in [-0.39, 0.29) is 10.8 Å². The number of amides is 1. The Kier molecular flexibility index (Phi) is 8.31. The van der Waals surface area contributed by atoms with Crippen molar-refractivity contribution in [3.8, 4) is 27.3 Å². The van der Waals surface area contributed by atoms with Gasteiger partial charge in [0.25, 0.3) is 15.9 Å². The van der Waals surface area contributed by atoms with Gasteiger partial charge in [-0.15, -0.1) is 15.7 Å². The molecule has 0 unspecified atom stereocenters. The Morgan fingerprint density at radius 3 is 2.37 bits per heavy atom. The number of nitrogens with zero attached hydrogens (tertiary/aromatic N) is 3. The first-order chi connectivity index (χ1) is 16.6. The molecule has 0 N–H and O–H groups in total. The van der Waals surface area contributed by atoms with Crippen molar-refractivity contribution in [2.24, 2.45) is 4.40 Å². The molecule has 3 rings (SSSR count). The lowest BCUT2D eigenvalue weighted by atomic mass is 9.98. The number of sulfonamides is 1. The van der Waals surface area contributed by atoms with Gasteiger partial charge < -0.3 is 9.64 Å². The fraction of sp³-hybridized carbons (Fsp3) is 0.280. The van der Waals surface area contributed by atoms with E-state index in [1.54, 1.807) is 38.2 Å². The molecule has 0 aliphatic carbocycles. The Bertz CT molecular complexity index is 1330. The molecule has 186 valence electrons. The maximum atomic E-state index is 13.2. The van der Waals surface area contributed by atoms with Crippen LogP contribution in [0, 0.1) is 6.92 Å². The van der Waals surface area contributed by atoms with Crippen molar-refractivity contribution in [1.29, 1.82) is 0 Å². The summed E-state index contributed by atoms with van der Waals surface area (Å²) in [5.74, 6) is 0.448. The maximum Gasteiger partial charge on any atom is 0.287 e. The van der Waals surface area contributed by atoms with E-state index in [2.05, 4.69) is 4.40 Å². The zero-order valence-electron chi connectivity index (χ0n) is 20.6. The molecule has 1 heterocycles. The van der Waals surface area contributed by atoms with Gasteiger partial charge in [0.2, 0.25) is 0 Å². The molecule has 10 heteroatoms. The van der Waals surface area contributed by atoms with Crippen LogP contribution in [0.25, 0.3) is 21.6 Å². The molecule has 0 saturated heterocycles. The number of hydrogen-bond donors (Lipinski definition) is 0. The van der Waals surface area contributed by atoms with Crippen LogP contribution in [0.15, 0.2) is 57.8 Å². The van der Waals surface area contributed by atoms with Crippen molar-refractivity contribution in [2.75, 3.05) is 34.9 Å². The van der Waals surface area contributed by atoms with Gasteiger partial charge in [0.15, 0.2) is 0 Å². The summed E-state index contributed by atoms with van der Waals surface area (Å²) in [7, 11) is 2.53. The minimum Gasteiger partial charge on any atom is -0.494 e. The summed E-state index contributed by atoms with van der Waals surface area (Å²) in [5.41, 5.74) is 3.27. The van der Waals surface area contributed by atoms with E-state index in [1.807, 2.05) is 38.1 Å². The molecule has 0 aliphatic heterocycles. The van der Waals surface area contributed by atoms with Crippen LogP contribution in [0.2, 0.25) is 0 Å². The van der Waals surface area contributed by atoms with Crippen LogP contribution in [0.1, 0.15) is 22.2 Å². The third-order valence-electron chi connectivity index (χ3n) is 5.17. The second-order valence-electron chi connectivity index (χ2n) is 7.89. The number of ether oxygens (including phenoxy) is 1. The van der Waals surface area contributed by atoms with Crippen molar-refractivity contribution < 1.29 is 22.8 Å². The van der Waals surface area contributed by atoms with Gasteiger partial charge in [-0.25, -0.2) is 5.06 Å². The van der Waals surface area contributed by atoms with Crippen LogP contribution in [0.4, 0.5) is 0 Å². The van der Waals surface area contributed by atoms with E-state index in [4.69, 9.17) is 9.57 Å². The van der Waals surface area contributed by atoms with Crippen molar-refractivity contribution in [3.63, 3.8) is 0 Å². The van der Waals surface area contributed by atoms with E-state index in [0.29, 0.717) is 17.0 Å². The molecule has 0 saturated carbocycles. The average molecular weight is 516 g/mol. The van der Waals surface area contributed by atoms with Crippen LogP contribution in [0.5, 0.6) is 5.75 Å². The maximum absolute atomic E-state index is 13.2. The molecule has 1 aromatic heterocycles. The van der Waals surface area contributed by atoms with Crippen molar-refractivity contribution in [3.05, 3.63) is 59.0 Å². The SMILES string of the molecule is CCOc1cccc(-c2sc(C(=O)N(C)OC)c(-c3ccc(S(=O)(=O)N=CN(C)C)cc3)c2C)c1. The summed E-state index contributed by atoms with van der Waals surface area (Å²) in [6.45, 7) is 4.42. The first kappa shape index (κ1) is 26.4. The Hall–Kier alpha value is -3.21. The van der Waals surface area contributed by atoms with E-state index in [9.17, 15) is 13.2 Å². The topological polar surface area (TPSA) is 88.5 Å². The monoisotopic (exact) mass is 515 g/mol. The molecule has 1 amide bonds. The molecule has 0 aliphatic rings. The Labute approximate surface area is 210 Å². The molecule has 2 aromatic carbocycles. The molecular formula is C25H29N3O5S2. The number of hydrogen-bond acceptors (Lipinski definition) is 6. The second kappa shape index (κ2) is 11.0. The van der Waals surface area contributed by atoms with Crippen LogP contribution in [0.3, 0.4) is 0 Å². The number of carbonyl (C=O) groups excluding carboxylic acids is 1. The summed E-state index contributed by atoms with van der Waals surface area (Å²) in [6.07, 6.45) is 1.24. The third-order valence-corrected chi connectivity index (χ3v) is 7.73. The standard InChI is InChI=1S/C25H29N3O5S2/c1-7-33-20-10-8-9-19(15-20)23-17(2)22(24(34-23)25(29)28(5)32-6)18-11-13-21(14-12-18)35(30,31)26-16-27(3)4/h8-16H,7H2,1-6H3. The summed E-state index contributed by atoms with van der Waals surface area (Å²) in [5, 5.41) is 1.17. The quantitative estimate of drug-likeness (QED) is 0.233. The zero-order chi connectivity index (χ0) is 25.8. The van der Waals surface area contributed by atoms with Gasteiger partial charge in [-0.1, -0.05) is 24.3 Å². The molecule has 0 radical (unpaired) electrons. The highest BCUT2D eigenvalue weighted by molar-refractivity contribution is 7.90. The summed E-state index contributed by atoms with van der Waals surface area (Å²) < 4.78 is 34.4. The van der Waals surface area contributed by atoms with Gasteiger partial charge in [-0.05, 0) is 54.8 Å². The molecular weight excluding hydrogens is 486 g/mol. The van der Waals surface area contributed by atoms with Gasteiger partial charge in [-0.3, -0.25) is 9.63 Å². The van der Waals surface area contributed by atoms with E-state index < -0.39 is 10.0 Å². The highest BCUT2D eigenvalue weighted by Gasteiger charge is 2.25. The smallest absolute Gasteiger partial charge is 0.287 e.